The number of primary amides is 1. The molecule has 1 heterocycles. The first kappa shape index (κ1) is 19.0. The van der Waals surface area contributed by atoms with Gasteiger partial charge in [-0.3, -0.25) is 14.9 Å². The molecule has 0 saturated carbocycles. The van der Waals surface area contributed by atoms with E-state index in [0.29, 0.717) is 5.75 Å². The predicted octanol–water partition coefficient (Wildman–Crippen LogP) is 2.05. The Balaban J connectivity index is 2.22. The normalized spacial score (nSPS) is 10.3. The standard InChI is InChI=1S/C18H20N2O6/c1-4-25-18(23)14-10(2)26-17(15(14)16(19)22)20-13(21)9-11-5-7-12(24-3)8-6-11/h5-8H,4,9H2,1-3H3,(H2,19,22)(H,20,21). The van der Waals surface area contributed by atoms with Crippen LogP contribution in [0.1, 0.15) is 39.0 Å². The molecule has 0 aliphatic heterocycles. The van der Waals surface area contributed by atoms with Crippen LogP contribution >= 0.6 is 0 Å². The number of rotatable bonds is 7. The molecular weight excluding hydrogens is 340 g/mol. The van der Waals surface area contributed by atoms with Crippen molar-refractivity contribution >= 4 is 23.7 Å². The van der Waals surface area contributed by atoms with Gasteiger partial charge in [0.05, 0.1) is 20.1 Å². The number of methoxy groups -OCH3 is 1. The zero-order valence-electron chi connectivity index (χ0n) is 14.8. The van der Waals surface area contributed by atoms with E-state index in [1.165, 1.54) is 6.92 Å². The Hall–Kier alpha value is -3.29. The number of esters is 1. The summed E-state index contributed by atoms with van der Waals surface area (Å²) in [4.78, 5) is 36.0. The lowest BCUT2D eigenvalue weighted by Gasteiger charge is -2.06. The number of aryl methyl sites for hydroxylation is 1. The predicted molar refractivity (Wildman–Crippen MR) is 93.2 cm³/mol. The maximum absolute atomic E-state index is 12.3. The van der Waals surface area contributed by atoms with E-state index in [-0.39, 0.29) is 35.8 Å². The molecule has 2 aromatic rings. The van der Waals surface area contributed by atoms with E-state index in [1.54, 1.807) is 38.3 Å². The van der Waals surface area contributed by atoms with Crippen LogP contribution in [0.4, 0.5) is 5.88 Å². The van der Waals surface area contributed by atoms with Gasteiger partial charge < -0.3 is 19.6 Å². The minimum Gasteiger partial charge on any atom is -0.497 e. The fraction of sp³-hybridized carbons (Fsp3) is 0.278. The first-order chi connectivity index (χ1) is 12.4. The van der Waals surface area contributed by atoms with Gasteiger partial charge in [-0.05, 0) is 31.5 Å². The van der Waals surface area contributed by atoms with Gasteiger partial charge in [-0.25, -0.2) is 4.79 Å². The maximum atomic E-state index is 12.3. The lowest BCUT2D eigenvalue weighted by atomic mass is 10.1. The number of hydrogen-bond donors (Lipinski definition) is 2. The Bertz CT molecular complexity index is 823. The number of ether oxygens (including phenoxy) is 2. The molecule has 0 saturated heterocycles. The van der Waals surface area contributed by atoms with E-state index in [4.69, 9.17) is 19.6 Å². The number of benzene rings is 1. The zero-order chi connectivity index (χ0) is 19.3. The van der Waals surface area contributed by atoms with Crippen molar-refractivity contribution in [3.63, 3.8) is 0 Å². The third kappa shape index (κ3) is 4.21. The number of amides is 2. The second-order valence-electron chi connectivity index (χ2n) is 5.40. The Kier molecular flexibility index (Phi) is 6.00. The van der Waals surface area contributed by atoms with Gasteiger partial charge in [0, 0.05) is 0 Å². The number of furan rings is 1. The molecule has 8 heteroatoms. The third-order valence-electron chi connectivity index (χ3n) is 3.59. The molecule has 0 aliphatic carbocycles. The topological polar surface area (TPSA) is 121 Å². The highest BCUT2D eigenvalue weighted by molar-refractivity contribution is 6.10. The largest absolute Gasteiger partial charge is 0.497 e. The van der Waals surface area contributed by atoms with Crippen LogP contribution in [0.2, 0.25) is 0 Å². The molecule has 1 aromatic heterocycles. The lowest BCUT2D eigenvalue weighted by molar-refractivity contribution is -0.115. The summed E-state index contributed by atoms with van der Waals surface area (Å²) in [5.74, 6) is -1.43. The van der Waals surface area contributed by atoms with Gasteiger partial charge in [0.1, 0.15) is 22.6 Å². The van der Waals surface area contributed by atoms with E-state index < -0.39 is 17.8 Å². The summed E-state index contributed by atoms with van der Waals surface area (Å²) < 4.78 is 15.3. The molecule has 138 valence electrons. The molecule has 2 rings (SSSR count). The average molecular weight is 360 g/mol. The third-order valence-corrected chi connectivity index (χ3v) is 3.59. The summed E-state index contributed by atoms with van der Waals surface area (Å²) in [5.41, 5.74) is 5.80. The monoisotopic (exact) mass is 360 g/mol. The summed E-state index contributed by atoms with van der Waals surface area (Å²) in [6.45, 7) is 3.24. The highest BCUT2D eigenvalue weighted by Gasteiger charge is 2.29. The Morgan fingerprint density at radius 3 is 2.35 bits per heavy atom. The maximum Gasteiger partial charge on any atom is 0.342 e. The van der Waals surface area contributed by atoms with Crippen LogP contribution in [0.3, 0.4) is 0 Å². The Labute approximate surface area is 150 Å². The van der Waals surface area contributed by atoms with Gasteiger partial charge in [-0.2, -0.15) is 0 Å². The van der Waals surface area contributed by atoms with Gasteiger partial charge in [0.2, 0.25) is 11.8 Å². The van der Waals surface area contributed by atoms with Crippen molar-refractivity contribution in [2.75, 3.05) is 19.0 Å². The number of hydrogen-bond acceptors (Lipinski definition) is 6. The first-order valence-corrected chi connectivity index (χ1v) is 7.90. The molecule has 1 aromatic carbocycles. The summed E-state index contributed by atoms with van der Waals surface area (Å²) in [6, 6.07) is 6.94. The van der Waals surface area contributed by atoms with Crippen molar-refractivity contribution < 1.29 is 28.3 Å². The molecule has 2 amide bonds. The van der Waals surface area contributed by atoms with E-state index in [2.05, 4.69) is 5.32 Å². The van der Waals surface area contributed by atoms with Crippen LogP contribution in [0.25, 0.3) is 0 Å². The fourth-order valence-electron chi connectivity index (χ4n) is 2.42. The first-order valence-electron chi connectivity index (χ1n) is 7.90. The molecule has 0 radical (unpaired) electrons. The molecule has 0 fully saturated rings. The highest BCUT2D eigenvalue weighted by atomic mass is 16.5. The number of anilines is 1. The lowest BCUT2D eigenvalue weighted by Crippen LogP contribution is -2.21. The van der Waals surface area contributed by atoms with Gasteiger partial charge in [0.15, 0.2) is 0 Å². The van der Waals surface area contributed by atoms with Crippen molar-refractivity contribution in [2.24, 2.45) is 5.73 Å². The molecular formula is C18H20N2O6. The summed E-state index contributed by atoms with van der Waals surface area (Å²) in [7, 11) is 1.55. The van der Waals surface area contributed by atoms with Crippen molar-refractivity contribution in [1.29, 1.82) is 0 Å². The van der Waals surface area contributed by atoms with Crippen LogP contribution < -0.4 is 15.8 Å². The second-order valence-corrected chi connectivity index (χ2v) is 5.40. The van der Waals surface area contributed by atoms with Gasteiger partial charge in [-0.15, -0.1) is 0 Å². The minimum atomic E-state index is -0.898. The van der Waals surface area contributed by atoms with E-state index in [9.17, 15) is 14.4 Å². The summed E-state index contributed by atoms with van der Waals surface area (Å²) in [6.07, 6.45) is 0.0384. The Morgan fingerprint density at radius 2 is 1.81 bits per heavy atom. The molecule has 3 N–H and O–H groups in total. The second kappa shape index (κ2) is 8.19. The van der Waals surface area contributed by atoms with E-state index >= 15 is 0 Å². The molecule has 0 unspecified atom stereocenters. The molecule has 0 spiro atoms. The summed E-state index contributed by atoms with van der Waals surface area (Å²) in [5, 5.41) is 2.48. The van der Waals surface area contributed by atoms with Gasteiger partial charge in [0.25, 0.3) is 5.91 Å². The average Bonchev–Trinajstić information content (AvgIpc) is 2.91. The number of nitrogens with one attached hydrogen (secondary N) is 1. The Morgan fingerprint density at radius 1 is 1.15 bits per heavy atom. The molecule has 0 aliphatic rings. The quantitative estimate of drug-likeness (QED) is 0.729. The molecule has 8 nitrogen and oxygen atoms in total. The SMILES string of the molecule is CCOC(=O)c1c(C)oc(NC(=O)Cc2ccc(OC)cc2)c1C(N)=O. The molecule has 26 heavy (non-hydrogen) atoms. The van der Waals surface area contributed by atoms with Crippen molar-refractivity contribution in [2.45, 2.75) is 20.3 Å². The van der Waals surface area contributed by atoms with E-state index in [0.717, 1.165) is 5.56 Å². The zero-order valence-corrected chi connectivity index (χ0v) is 14.8. The van der Waals surface area contributed by atoms with Crippen LogP contribution in [0.5, 0.6) is 5.75 Å². The van der Waals surface area contributed by atoms with Crippen molar-refractivity contribution in [1.82, 2.24) is 0 Å². The van der Waals surface area contributed by atoms with Gasteiger partial charge >= 0.3 is 5.97 Å². The van der Waals surface area contributed by atoms with E-state index in [1.807, 2.05) is 0 Å². The fourth-order valence-corrected chi connectivity index (χ4v) is 2.42. The molecule has 0 bridgehead atoms. The summed E-state index contributed by atoms with van der Waals surface area (Å²) >= 11 is 0. The number of carbonyl (C=O) groups excluding carboxylic acids is 3. The van der Waals surface area contributed by atoms with Crippen molar-refractivity contribution in [3.8, 4) is 5.75 Å². The highest BCUT2D eigenvalue weighted by Crippen LogP contribution is 2.27. The smallest absolute Gasteiger partial charge is 0.342 e. The number of nitrogens with two attached hydrogens (primary N) is 1. The van der Waals surface area contributed by atoms with Crippen LogP contribution in [0, 0.1) is 6.92 Å². The van der Waals surface area contributed by atoms with Crippen LogP contribution in [-0.2, 0) is 16.0 Å². The van der Waals surface area contributed by atoms with Crippen molar-refractivity contribution in [3.05, 3.63) is 46.7 Å². The minimum absolute atomic E-state index is 0.0384. The van der Waals surface area contributed by atoms with Gasteiger partial charge in [-0.1, -0.05) is 12.1 Å². The molecule has 0 atom stereocenters. The van der Waals surface area contributed by atoms with Crippen LogP contribution in [-0.4, -0.2) is 31.5 Å². The number of carbonyl (C=O) groups is 3. The van der Waals surface area contributed by atoms with Crippen LogP contribution in [0.15, 0.2) is 28.7 Å².